The Bertz CT molecular complexity index is 1430. The van der Waals surface area contributed by atoms with Crippen molar-refractivity contribution in [2.75, 3.05) is 20.3 Å². The number of nitrogens with zero attached hydrogens (tertiary/aromatic N) is 1. The number of nitrogens with one attached hydrogen (secondary N) is 3. The van der Waals surface area contributed by atoms with Crippen LogP contribution in [-0.2, 0) is 14.3 Å². The molecule has 0 bridgehead atoms. The predicted octanol–water partition coefficient (Wildman–Crippen LogP) is 3.57. The number of hydrogen-bond acceptors (Lipinski definition) is 7. The minimum atomic E-state index is -0.752. The Morgan fingerprint density at radius 2 is 1.87 bits per heavy atom. The van der Waals surface area contributed by atoms with Crippen molar-refractivity contribution in [3.63, 3.8) is 0 Å². The molecule has 10 nitrogen and oxygen atoms in total. The van der Waals surface area contributed by atoms with Crippen molar-refractivity contribution < 1.29 is 28.6 Å². The first-order valence-corrected chi connectivity index (χ1v) is 12.0. The number of carbonyl (C=O) groups is 3. The van der Waals surface area contributed by atoms with Crippen LogP contribution in [0.1, 0.15) is 31.0 Å². The zero-order valence-electron chi connectivity index (χ0n) is 21.2. The Morgan fingerprint density at radius 1 is 1.08 bits per heavy atom. The molecule has 0 fully saturated rings. The van der Waals surface area contributed by atoms with E-state index >= 15 is 0 Å². The summed E-state index contributed by atoms with van der Waals surface area (Å²) in [5, 5.41) is 11.5. The Labute approximate surface area is 219 Å². The van der Waals surface area contributed by atoms with Crippen molar-refractivity contribution in [3.8, 4) is 11.5 Å². The molecule has 1 heterocycles. The lowest BCUT2D eigenvalue weighted by Gasteiger charge is -2.28. The minimum absolute atomic E-state index is 0.195. The predicted molar refractivity (Wildman–Crippen MR) is 142 cm³/mol. The molecule has 196 valence electrons. The van der Waals surface area contributed by atoms with Gasteiger partial charge in [-0.25, -0.2) is 15.0 Å². The van der Waals surface area contributed by atoms with E-state index < -0.39 is 23.9 Å². The molecule has 0 unspecified atom stereocenters. The standard InChI is InChI=1S/C28H28N4O6/c1-4-37-27(34)25-17(2)30-28(35)31-26(25)19-12-13-22(23(14-19)36-3)38-16-24(33)32-29-15-20-10-7-9-18-8-5-6-11-21(18)20/h5-15,26H,4,16H2,1-3H3,(H,32,33)(H2,30,31,35)/b29-15+/t26-/m0/s1. The second-order valence-electron chi connectivity index (χ2n) is 8.35. The van der Waals surface area contributed by atoms with Crippen LogP contribution in [-0.4, -0.2) is 44.4 Å². The number of urea groups is 1. The van der Waals surface area contributed by atoms with E-state index in [9.17, 15) is 14.4 Å². The van der Waals surface area contributed by atoms with Gasteiger partial charge in [0.2, 0.25) is 0 Å². The lowest BCUT2D eigenvalue weighted by molar-refractivity contribution is -0.139. The van der Waals surface area contributed by atoms with Crippen LogP contribution in [0.15, 0.2) is 77.0 Å². The quantitative estimate of drug-likeness (QED) is 0.227. The number of methoxy groups -OCH3 is 1. The van der Waals surface area contributed by atoms with E-state index in [0.29, 0.717) is 22.8 Å². The van der Waals surface area contributed by atoms with Gasteiger partial charge in [0.05, 0.1) is 31.5 Å². The molecule has 10 heteroatoms. The van der Waals surface area contributed by atoms with E-state index in [1.54, 1.807) is 38.3 Å². The monoisotopic (exact) mass is 516 g/mol. The molecule has 0 saturated heterocycles. The number of fused-ring (bicyclic) bond motifs is 1. The molecule has 0 radical (unpaired) electrons. The average Bonchev–Trinajstić information content (AvgIpc) is 2.91. The molecular formula is C28H28N4O6. The van der Waals surface area contributed by atoms with Crippen LogP contribution in [0.25, 0.3) is 10.8 Å². The van der Waals surface area contributed by atoms with Crippen LogP contribution < -0.4 is 25.5 Å². The molecule has 0 spiro atoms. The molecule has 38 heavy (non-hydrogen) atoms. The second kappa shape index (κ2) is 11.9. The molecule has 1 aliphatic heterocycles. The van der Waals surface area contributed by atoms with Gasteiger partial charge in [-0.05, 0) is 42.3 Å². The van der Waals surface area contributed by atoms with Crippen LogP contribution in [0.4, 0.5) is 4.79 Å². The van der Waals surface area contributed by atoms with Gasteiger partial charge >= 0.3 is 12.0 Å². The Hall–Kier alpha value is -4.86. The van der Waals surface area contributed by atoms with Crippen molar-refractivity contribution in [1.82, 2.24) is 16.1 Å². The van der Waals surface area contributed by atoms with Gasteiger partial charge in [-0.2, -0.15) is 5.10 Å². The van der Waals surface area contributed by atoms with Gasteiger partial charge in [-0.3, -0.25) is 4.79 Å². The van der Waals surface area contributed by atoms with Gasteiger partial charge in [0.1, 0.15) is 0 Å². The van der Waals surface area contributed by atoms with Crippen LogP contribution in [0.5, 0.6) is 11.5 Å². The zero-order chi connectivity index (χ0) is 27.1. The maximum absolute atomic E-state index is 12.6. The van der Waals surface area contributed by atoms with Gasteiger partial charge in [0.15, 0.2) is 18.1 Å². The summed E-state index contributed by atoms with van der Waals surface area (Å²) < 4.78 is 16.3. The number of rotatable bonds is 9. The summed E-state index contributed by atoms with van der Waals surface area (Å²) in [5.41, 5.74) is 4.59. The lowest BCUT2D eigenvalue weighted by Crippen LogP contribution is -2.45. The molecular weight excluding hydrogens is 488 g/mol. The van der Waals surface area contributed by atoms with Crippen molar-refractivity contribution in [1.29, 1.82) is 0 Å². The highest BCUT2D eigenvalue weighted by atomic mass is 16.5. The summed E-state index contributed by atoms with van der Waals surface area (Å²) in [7, 11) is 1.45. The zero-order valence-corrected chi connectivity index (χ0v) is 21.2. The molecule has 0 aromatic heterocycles. The van der Waals surface area contributed by atoms with E-state index in [-0.39, 0.29) is 18.8 Å². The minimum Gasteiger partial charge on any atom is -0.493 e. The van der Waals surface area contributed by atoms with Gasteiger partial charge in [0, 0.05) is 11.3 Å². The van der Waals surface area contributed by atoms with E-state index in [0.717, 1.165) is 16.3 Å². The number of benzene rings is 3. The van der Waals surface area contributed by atoms with E-state index in [1.807, 2.05) is 42.5 Å². The van der Waals surface area contributed by atoms with Crippen molar-refractivity contribution in [2.24, 2.45) is 5.10 Å². The van der Waals surface area contributed by atoms with Crippen molar-refractivity contribution in [3.05, 3.63) is 83.1 Å². The summed E-state index contributed by atoms with van der Waals surface area (Å²) in [5.74, 6) is -0.366. The maximum atomic E-state index is 12.6. The maximum Gasteiger partial charge on any atom is 0.338 e. The highest BCUT2D eigenvalue weighted by Gasteiger charge is 2.32. The largest absolute Gasteiger partial charge is 0.493 e. The van der Waals surface area contributed by atoms with Crippen LogP contribution in [0.2, 0.25) is 0 Å². The van der Waals surface area contributed by atoms with Gasteiger partial charge in [-0.15, -0.1) is 0 Å². The Morgan fingerprint density at radius 3 is 2.66 bits per heavy atom. The molecule has 3 amide bonds. The normalized spacial score (nSPS) is 15.1. The van der Waals surface area contributed by atoms with Crippen LogP contribution in [0, 0.1) is 0 Å². The third kappa shape index (κ3) is 5.92. The third-order valence-corrected chi connectivity index (χ3v) is 5.86. The fourth-order valence-electron chi connectivity index (χ4n) is 4.12. The first kappa shape index (κ1) is 26.2. The number of carbonyl (C=O) groups excluding carboxylic acids is 3. The van der Waals surface area contributed by atoms with Crippen molar-refractivity contribution in [2.45, 2.75) is 19.9 Å². The number of esters is 1. The topological polar surface area (TPSA) is 127 Å². The highest BCUT2D eigenvalue weighted by molar-refractivity contribution is 6.00. The molecule has 0 aliphatic carbocycles. The van der Waals surface area contributed by atoms with Gasteiger partial charge in [0.25, 0.3) is 5.91 Å². The Kier molecular flexibility index (Phi) is 8.22. The number of amides is 3. The summed E-state index contributed by atoms with van der Waals surface area (Å²) in [6.07, 6.45) is 1.58. The first-order chi connectivity index (χ1) is 18.4. The average molecular weight is 517 g/mol. The van der Waals surface area contributed by atoms with E-state index in [1.165, 1.54) is 7.11 Å². The molecule has 3 aromatic rings. The fraction of sp³-hybridized carbons (Fsp3) is 0.214. The smallest absolute Gasteiger partial charge is 0.338 e. The molecule has 0 saturated carbocycles. The highest BCUT2D eigenvalue weighted by Crippen LogP contribution is 2.34. The van der Waals surface area contributed by atoms with Crippen LogP contribution in [0.3, 0.4) is 0 Å². The first-order valence-electron chi connectivity index (χ1n) is 12.0. The summed E-state index contributed by atoms with van der Waals surface area (Å²) in [6.45, 7) is 3.23. The van der Waals surface area contributed by atoms with E-state index in [4.69, 9.17) is 14.2 Å². The summed E-state index contributed by atoms with van der Waals surface area (Å²) in [4.78, 5) is 37.0. The summed E-state index contributed by atoms with van der Waals surface area (Å²) >= 11 is 0. The summed E-state index contributed by atoms with van der Waals surface area (Å²) in [6, 6.07) is 17.5. The van der Waals surface area contributed by atoms with Gasteiger partial charge in [-0.1, -0.05) is 48.5 Å². The molecule has 3 aromatic carbocycles. The molecule has 3 N–H and O–H groups in total. The molecule has 1 aliphatic rings. The third-order valence-electron chi connectivity index (χ3n) is 5.86. The van der Waals surface area contributed by atoms with E-state index in [2.05, 4.69) is 21.2 Å². The van der Waals surface area contributed by atoms with Crippen molar-refractivity contribution >= 4 is 34.9 Å². The van der Waals surface area contributed by atoms with Crippen LogP contribution >= 0.6 is 0 Å². The number of hydrazone groups is 1. The second-order valence-corrected chi connectivity index (χ2v) is 8.35. The SMILES string of the molecule is CCOC(=O)C1=C(C)NC(=O)N[C@H]1c1ccc(OCC(=O)N/N=C/c2cccc3ccccc23)c(OC)c1. The lowest BCUT2D eigenvalue weighted by atomic mass is 9.95. The Balaban J connectivity index is 1.43. The molecule has 4 rings (SSSR count). The molecule has 1 atom stereocenters. The van der Waals surface area contributed by atoms with Gasteiger partial charge < -0.3 is 24.8 Å². The number of ether oxygens (including phenoxy) is 3. The number of allylic oxidation sites excluding steroid dienone is 1. The fourth-order valence-corrected chi connectivity index (χ4v) is 4.12. The number of hydrogen-bond donors (Lipinski definition) is 3.